The van der Waals surface area contributed by atoms with E-state index in [1.54, 1.807) is 7.05 Å². The van der Waals surface area contributed by atoms with E-state index in [4.69, 9.17) is 5.11 Å². The number of phenols is 1. The first-order valence-electron chi connectivity index (χ1n) is 3.78. The van der Waals surface area contributed by atoms with Crippen molar-refractivity contribution in [2.45, 2.75) is 0 Å². The number of benzene rings is 1. The Morgan fingerprint density at radius 1 is 1.54 bits per heavy atom. The van der Waals surface area contributed by atoms with Crippen LogP contribution in [-0.2, 0) is 4.74 Å². The molecule has 0 atom stereocenters. The Bertz CT molecular complexity index is 323. The normalized spacial score (nSPS) is 9.38. The van der Waals surface area contributed by atoms with Crippen LogP contribution in [0.2, 0.25) is 0 Å². The molecule has 2 N–H and O–H groups in total. The first kappa shape index (κ1) is 9.38. The summed E-state index contributed by atoms with van der Waals surface area (Å²) in [5.74, 6) is -0.318. The molecule has 70 valence electrons. The summed E-state index contributed by atoms with van der Waals surface area (Å²) >= 11 is 0. The van der Waals surface area contributed by atoms with Crippen LogP contribution in [0.3, 0.4) is 0 Å². The van der Waals surface area contributed by atoms with Gasteiger partial charge in [0.15, 0.2) is 0 Å². The van der Waals surface area contributed by atoms with Gasteiger partial charge in [0.25, 0.3) is 0 Å². The van der Waals surface area contributed by atoms with Gasteiger partial charge < -0.3 is 15.2 Å². The van der Waals surface area contributed by atoms with E-state index in [0.717, 1.165) is 0 Å². The van der Waals surface area contributed by atoms with Crippen LogP contribution in [0.4, 0.5) is 5.69 Å². The van der Waals surface area contributed by atoms with Crippen molar-refractivity contribution in [2.75, 3.05) is 19.5 Å². The number of aromatic hydroxyl groups is 1. The number of anilines is 1. The minimum atomic E-state index is -0.427. The molecule has 0 saturated heterocycles. The van der Waals surface area contributed by atoms with Gasteiger partial charge in [-0.25, -0.2) is 4.79 Å². The van der Waals surface area contributed by atoms with E-state index in [9.17, 15) is 4.79 Å². The first-order chi connectivity index (χ1) is 6.19. The summed E-state index contributed by atoms with van der Waals surface area (Å²) in [7, 11) is 2.98. The van der Waals surface area contributed by atoms with Gasteiger partial charge in [-0.05, 0) is 12.1 Å². The van der Waals surface area contributed by atoms with E-state index in [1.165, 1.54) is 25.3 Å². The van der Waals surface area contributed by atoms with Gasteiger partial charge in [-0.1, -0.05) is 0 Å². The predicted molar refractivity (Wildman–Crippen MR) is 49.0 cm³/mol. The topological polar surface area (TPSA) is 58.6 Å². The van der Waals surface area contributed by atoms with Crippen LogP contribution >= 0.6 is 0 Å². The maximum atomic E-state index is 11.2. The number of rotatable bonds is 2. The summed E-state index contributed by atoms with van der Waals surface area (Å²) in [4.78, 5) is 11.2. The minimum absolute atomic E-state index is 0.108. The fourth-order valence-electron chi connectivity index (χ4n) is 1.03. The maximum Gasteiger partial charge on any atom is 0.339 e. The van der Waals surface area contributed by atoms with Crippen LogP contribution in [0.5, 0.6) is 5.75 Å². The number of carbonyl (C=O) groups is 1. The first-order valence-corrected chi connectivity index (χ1v) is 3.78. The maximum absolute atomic E-state index is 11.2. The van der Waals surface area contributed by atoms with Crippen molar-refractivity contribution in [1.29, 1.82) is 0 Å². The molecule has 0 aliphatic heterocycles. The Hall–Kier alpha value is -1.71. The molecule has 0 amide bonds. The number of carbonyl (C=O) groups excluding carboxylic acids is 1. The zero-order valence-electron chi connectivity index (χ0n) is 7.50. The highest BCUT2D eigenvalue weighted by Gasteiger charge is 2.10. The molecule has 0 saturated carbocycles. The van der Waals surface area contributed by atoms with Gasteiger partial charge in [0.2, 0.25) is 0 Å². The van der Waals surface area contributed by atoms with Crippen LogP contribution in [-0.4, -0.2) is 25.2 Å². The minimum Gasteiger partial charge on any atom is -0.508 e. The molecule has 4 nitrogen and oxygen atoms in total. The van der Waals surface area contributed by atoms with Crippen LogP contribution in [0.25, 0.3) is 0 Å². The number of nitrogens with one attached hydrogen (secondary N) is 1. The van der Waals surface area contributed by atoms with Crippen LogP contribution < -0.4 is 5.32 Å². The average Bonchev–Trinajstić information content (AvgIpc) is 2.16. The molecule has 13 heavy (non-hydrogen) atoms. The van der Waals surface area contributed by atoms with Gasteiger partial charge >= 0.3 is 5.97 Å². The van der Waals surface area contributed by atoms with Crippen molar-refractivity contribution in [3.05, 3.63) is 23.8 Å². The number of hydrogen-bond donors (Lipinski definition) is 2. The molecule has 0 radical (unpaired) electrons. The smallest absolute Gasteiger partial charge is 0.339 e. The molecule has 0 fully saturated rings. The summed E-state index contributed by atoms with van der Waals surface area (Å²) in [5.41, 5.74) is 0.953. The lowest BCUT2D eigenvalue weighted by Crippen LogP contribution is -2.05. The molecule has 1 aromatic carbocycles. The standard InChI is InChI=1S/C9H11NO3/c1-10-8-5-6(11)3-4-7(8)9(12)13-2/h3-5,10-11H,1-2H3. The lowest BCUT2D eigenvalue weighted by atomic mass is 10.1. The second-order valence-electron chi connectivity index (χ2n) is 2.47. The van der Waals surface area contributed by atoms with Gasteiger partial charge in [-0.2, -0.15) is 0 Å². The molecule has 0 unspecified atom stereocenters. The highest BCUT2D eigenvalue weighted by molar-refractivity contribution is 5.95. The Labute approximate surface area is 76.1 Å². The second-order valence-corrected chi connectivity index (χ2v) is 2.47. The van der Waals surface area contributed by atoms with Gasteiger partial charge in [0, 0.05) is 13.1 Å². The van der Waals surface area contributed by atoms with Crippen molar-refractivity contribution in [3.63, 3.8) is 0 Å². The number of ether oxygens (including phenoxy) is 1. The SMILES string of the molecule is CNc1cc(O)ccc1C(=O)OC. The highest BCUT2D eigenvalue weighted by Crippen LogP contribution is 2.21. The molecule has 0 spiro atoms. The summed E-state index contributed by atoms with van der Waals surface area (Å²) in [6.07, 6.45) is 0. The fourth-order valence-corrected chi connectivity index (χ4v) is 1.03. The van der Waals surface area contributed by atoms with Crippen molar-refractivity contribution >= 4 is 11.7 Å². The van der Waals surface area contributed by atoms with Crippen molar-refractivity contribution in [1.82, 2.24) is 0 Å². The largest absolute Gasteiger partial charge is 0.508 e. The number of hydrogen-bond acceptors (Lipinski definition) is 4. The highest BCUT2D eigenvalue weighted by atomic mass is 16.5. The second kappa shape index (κ2) is 3.80. The molecule has 1 aromatic rings. The quantitative estimate of drug-likeness (QED) is 0.673. The zero-order valence-corrected chi connectivity index (χ0v) is 7.50. The van der Waals surface area contributed by atoms with E-state index in [-0.39, 0.29) is 5.75 Å². The molecule has 4 heteroatoms. The average molecular weight is 181 g/mol. The monoisotopic (exact) mass is 181 g/mol. The number of methoxy groups -OCH3 is 1. The van der Waals surface area contributed by atoms with Gasteiger partial charge in [-0.3, -0.25) is 0 Å². The number of phenolic OH excluding ortho intramolecular Hbond substituents is 1. The van der Waals surface area contributed by atoms with Crippen LogP contribution in [0, 0.1) is 0 Å². The molecule has 0 aromatic heterocycles. The van der Waals surface area contributed by atoms with Crippen molar-refractivity contribution in [2.24, 2.45) is 0 Å². The molecule has 0 aliphatic rings. The van der Waals surface area contributed by atoms with E-state index in [0.29, 0.717) is 11.3 Å². The third-order valence-corrected chi connectivity index (χ3v) is 1.68. The predicted octanol–water partition coefficient (Wildman–Crippen LogP) is 1.22. The summed E-state index contributed by atoms with van der Waals surface area (Å²) in [5, 5.41) is 11.9. The van der Waals surface area contributed by atoms with Crippen LogP contribution in [0.1, 0.15) is 10.4 Å². The fraction of sp³-hybridized carbons (Fsp3) is 0.222. The summed E-state index contributed by atoms with van der Waals surface area (Å²) in [6, 6.07) is 4.41. The zero-order chi connectivity index (χ0) is 9.84. The summed E-state index contributed by atoms with van der Waals surface area (Å²) < 4.78 is 4.56. The van der Waals surface area contributed by atoms with E-state index in [1.807, 2.05) is 0 Å². The Morgan fingerprint density at radius 2 is 2.23 bits per heavy atom. The van der Waals surface area contributed by atoms with Crippen molar-refractivity contribution < 1.29 is 14.6 Å². The lowest BCUT2D eigenvalue weighted by molar-refractivity contribution is 0.0602. The molecule has 1 rings (SSSR count). The van der Waals surface area contributed by atoms with Crippen molar-refractivity contribution in [3.8, 4) is 5.75 Å². The van der Waals surface area contributed by atoms with E-state index >= 15 is 0 Å². The Balaban J connectivity index is 3.13. The summed E-state index contributed by atoms with van der Waals surface area (Å²) in [6.45, 7) is 0. The molecule has 0 heterocycles. The lowest BCUT2D eigenvalue weighted by Gasteiger charge is -2.06. The Morgan fingerprint density at radius 3 is 2.77 bits per heavy atom. The van der Waals surface area contributed by atoms with E-state index < -0.39 is 5.97 Å². The number of esters is 1. The third-order valence-electron chi connectivity index (χ3n) is 1.68. The van der Waals surface area contributed by atoms with Gasteiger partial charge in [0.05, 0.1) is 18.4 Å². The van der Waals surface area contributed by atoms with Gasteiger partial charge in [0.1, 0.15) is 5.75 Å². The Kier molecular flexibility index (Phi) is 2.74. The molecule has 0 bridgehead atoms. The van der Waals surface area contributed by atoms with Gasteiger partial charge in [-0.15, -0.1) is 0 Å². The van der Waals surface area contributed by atoms with Crippen LogP contribution in [0.15, 0.2) is 18.2 Å². The molecule has 0 aliphatic carbocycles. The molecular weight excluding hydrogens is 170 g/mol. The van der Waals surface area contributed by atoms with E-state index in [2.05, 4.69) is 10.1 Å². The third kappa shape index (κ3) is 1.90. The molecular formula is C9H11NO3.